The van der Waals surface area contributed by atoms with Crippen molar-refractivity contribution in [3.63, 3.8) is 0 Å². The van der Waals surface area contributed by atoms with Crippen molar-refractivity contribution in [2.75, 3.05) is 13.2 Å². The van der Waals surface area contributed by atoms with E-state index in [1.165, 1.54) is 0 Å². The van der Waals surface area contributed by atoms with Gasteiger partial charge in [0.2, 0.25) is 5.83 Å². The molecule has 6 heteroatoms. The van der Waals surface area contributed by atoms with Crippen LogP contribution in [0.15, 0.2) is 85.2 Å². The maximum Gasteiger partial charge on any atom is 0.366 e. The normalized spacial score (nSPS) is 9.88. The highest BCUT2D eigenvalue weighted by Gasteiger charge is 2.10. The van der Waals surface area contributed by atoms with E-state index in [1.807, 2.05) is 19.1 Å². The lowest BCUT2D eigenvalue weighted by molar-refractivity contribution is -0.141. The Morgan fingerprint density at radius 3 is 2.24 bits per heavy atom. The van der Waals surface area contributed by atoms with Crippen LogP contribution >= 0.6 is 0 Å². The first-order chi connectivity index (χ1) is 15.9. The summed E-state index contributed by atoms with van der Waals surface area (Å²) >= 11 is 0. The molecule has 3 aromatic rings. The molecule has 0 radical (unpaired) electrons. The second-order valence-corrected chi connectivity index (χ2v) is 6.90. The van der Waals surface area contributed by atoms with Gasteiger partial charge in [0.1, 0.15) is 24.7 Å². The second-order valence-electron chi connectivity index (χ2n) is 6.90. The third-order valence-electron chi connectivity index (χ3n) is 4.40. The van der Waals surface area contributed by atoms with Crippen LogP contribution in [0.1, 0.15) is 27.0 Å². The quantitative estimate of drug-likeness (QED) is 0.168. The summed E-state index contributed by atoms with van der Waals surface area (Å²) in [6.45, 7) is 4.71. The molecule has 0 saturated heterocycles. The standard InChI is InChI=1S/C27H21FO5/c1-19-18-22(12-15-25(19)33-27(30)23-6-4-3-5-7-23)9-8-21-10-13-24(14-11-21)31-16-17-32-26(29)20(2)28/h3-7,10-15,18H,2,16-17H2,1H3. The van der Waals surface area contributed by atoms with Crippen molar-refractivity contribution in [3.8, 4) is 23.3 Å². The predicted octanol–water partition coefficient (Wildman–Crippen LogP) is 5.02. The van der Waals surface area contributed by atoms with E-state index in [0.29, 0.717) is 17.1 Å². The van der Waals surface area contributed by atoms with Crippen molar-refractivity contribution >= 4 is 11.9 Å². The van der Waals surface area contributed by atoms with Crippen molar-refractivity contribution in [3.05, 3.63) is 107 Å². The molecule has 5 nitrogen and oxygen atoms in total. The maximum atomic E-state index is 12.5. The fraction of sp³-hybridized carbons (Fsp3) is 0.111. The molecule has 3 rings (SSSR count). The van der Waals surface area contributed by atoms with E-state index >= 15 is 0 Å². The molecule has 0 heterocycles. The van der Waals surface area contributed by atoms with Crippen molar-refractivity contribution in [2.45, 2.75) is 6.92 Å². The van der Waals surface area contributed by atoms with Crippen LogP contribution in [0.3, 0.4) is 0 Å². The van der Waals surface area contributed by atoms with E-state index in [0.717, 1.165) is 16.7 Å². The van der Waals surface area contributed by atoms with Crippen molar-refractivity contribution in [1.82, 2.24) is 0 Å². The van der Waals surface area contributed by atoms with E-state index in [9.17, 15) is 14.0 Å². The molecule has 0 aliphatic carbocycles. The third-order valence-corrected chi connectivity index (χ3v) is 4.40. The summed E-state index contributed by atoms with van der Waals surface area (Å²) in [5.41, 5.74) is 2.84. The van der Waals surface area contributed by atoms with Crippen LogP contribution in [0.4, 0.5) is 4.39 Å². The van der Waals surface area contributed by atoms with Gasteiger partial charge in [0.05, 0.1) is 5.56 Å². The van der Waals surface area contributed by atoms with E-state index in [1.54, 1.807) is 60.7 Å². The molecule has 0 aliphatic heterocycles. The number of rotatable bonds is 7. The number of ether oxygens (including phenoxy) is 3. The fourth-order valence-electron chi connectivity index (χ4n) is 2.73. The molecular formula is C27H21FO5. The monoisotopic (exact) mass is 444 g/mol. The van der Waals surface area contributed by atoms with Gasteiger partial charge in [-0.15, -0.1) is 0 Å². The van der Waals surface area contributed by atoms with Gasteiger partial charge in [0.25, 0.3) is 0 Å². The molecule has 0 N–H and O–H groups in total. The molecule has 0 unspecified atom stereocenters. The lowest BCUT2D eigenvalue weighted by atomic mass is 10.1. The number of benzene rings is 3. The molecular weight excluding hydrogens is 423 g/mol. The van der Waals surface area contributed by atoms with Gasteiger partial charge in [-0.1, -0.05) is 36.6 Å². The molecule has 0 spiro atoms. The van der Waals surface area contributed by atoms with Crippen LogP contribution in [-0.4, -0.2) is 25.2 Å². The van der Waals surface area contributed by atoms with Gasteiger partial charge in [0.15, 0.2) is 0 Å². The van der Waals surface area contributed by atoms with Crippen LogP contribution in [0.25, 0.3) is 0 Å². The third kappa shape index (κ3) is 7.08. The minimum Gasteiger partial charge on any atom is -0.490 e. The largest absolute Gasteiger partial charge is 0.490 e. The summed E-state index contributed by atoms with van der Waals surface area (Å²) in [7, 11) is 0. The van der Waals surface area contributed by atoms with Crippen molar-refractivity contribution in [2.24, 2.45) is 0 Å². The number of carbonyl (C=O) groups excluding carboxylic acids is 2. The number of halogens is 1. The van der Waals surface area contributed by atoms with E-state index in [2.05, 4.69) is 23.2 Å². The molecule has 0 fully saturated rings. The minimum absolute atomic E-state index is 0.0840. The van der Waals surface area contributed by atoms with E-state index < -0.39 is 17.8 Å². The average Bonchev–Trinajstić information content (AvgIpc) is 2.83. The lowest BCUT2D eigenvalue weighted by Gasteiger charge is -2.07. The smallest absolute Gasteiger partial charge is 0.366 e. The second kappa shape index (κ2) is 11.3. The molecule has 0 atom stereocenters. The van der Waals surface area contributed by atoms with Crippen molar-refractivity contribution < 1.29 is 28.2 Å². The zero-order valence-corrected chi connectivity index (χ0v) is 18.0. The van der Waals surface area contributed by atoms with Gasteiger partial charge in [-0.2, -0.15) is 4.39 Å². The fourth-order valence-corrected chi connectivity index (χ4v) is 2.73. The highest BCUT2D eigenvalue weighted by molar-refractivity contribution is 5.91. The minimum atomic E-state index is -1.14. The number of esters is 2. The Kier molecular flexibility index (Phi) is 7.98. The Morgan fingerprint density at radius 2 is 1.58 bits per heavy atom. The highest BCUT2D eigenvalue weighted by Crippen LogP contribution is 2.20. The van der Waals surface area contributed by atoms with Crippen molar-refractivity contribution in [1.29, 1.82) is 0 Å². The summed E-state index contributed by atoms with van der Waals surface area (Å²) in [5, 5.41) is 0. The Balaban J connectivity index is 1.55. The Bertz CT molecular complexity index is 1200. The average molecular weight is 444 g/mol. The molecule has 3 aromatic carbocycles. The van der Waals surface area contributed by atoms with E-state index in [-0.39, 0.29) is 13.2 Å². The number of aryl methyl sites for hydroxylation is 1. The first-order valence-electron chi connectivity index (χ1n) is 10.1. The summed E-state index contributed by atoms with van der Waals surface area (Å²) in [5.74, 6) is 4.54. The SMILES string of the molecule is C=C(F)C(=O)OCCOc1ccc(C#Cc2ccc(OC(=O)c3ccccc3)c(C)c2)cc1. The maximum absolute atomic E-state index is 12.5. The van der Waals surface area contributed by atoms with Gasteiger partial charge in [-0.25, -0.2) is 9.59 Å². The van der Waals surface area contributed by atoms with Gasteiger partial charge in [-0.05, 0) is 67.1 Å². The first-order valence-corrected chi connectivity index (χ1v) is 10.1. The van der Waals surface area contributed by atoms with Gasteiger partial charge in [0, 0.05) is 11.1 Å². The number of carbonyl (C=O) groups is 2. The Hall–Kier alpha value is -4.37. The van der Waals surface area contributed by atoms with Gasteiger partial charge >= 0.3 is 11.9 Å². The molecule has 0 saturated carbocycles. The lowest BCUT2D eigenvalue weighted by Crippen LogP contribution is -2.12. The summed E-state index contributed by atoms with van der Waals surface area (Å²) in [6, 6.07) is 21.2. The number of hydrogen-bond acceptors (Lipinski definition) is 5. The molecule has 0 aromatic heterocycles. The molecule has 0 amide bonds. The first kappa shape index (κ1) is 23.3. The Labute approximate surface area is 191 Å². The van der Waals surface area contributed by atoms with Gasteiger partial charge in [-0.3, -0.25) is 0 Å². The molecule has 33 heavy (non-hydrogen) atoms. The molecule has 166 valence electrons. The summed E-state index contributed by atoms with van der Waals surface area (Å²) < 4.78 is 28.0. The highest BCUT2D eigenvalue weighted by atomic mass is 19.1. The predicted molar refractivity (Wildman–Crippen MR) is 122 cm³/mol. The topological polar surface area (TPSA) is 61.8 Å². The van der Waals surface area contributed by atoms with Crippen LogP contribution < -0.4 is 9.47 Å². The molecule has 0 bridgehead atoms. The van der Waals surface area contributed by atoms with E-state index in [4.69, 9.17) is 9.47 Å². The summed E-state index contributed by atoms with van der Waals surface area (Å²) in [4.78, 5) is 23.2. The number of hydrogen-bond donors (Lipinski definition) is 0. The van der Waals surface area contributed by atoms with Crippen LogP contribution in [-0.2, 0) is 9.53 Å². The van der Waals surface area contributed by atoms with Crippen LogP contribution in [0.5, 0.6) is 11.5 Å². The summed E-state index contributed by atoms with van der Waals surface area (Å²) in [6.07, 6.45) is 0. The van der Waals surface area contributed by atoms with Crippen LogP contribution in [0, 0.1) is 18.8 Å². The molecule has 0 aliphatic rings. The van der Waals surface area contributed by atoms with Crippen LogP contribution in [0.2, 0.25) is 0 Å². The zero-order valence-electron chi connectivity index (χ0n) is 18.0. The Morgan fingerprint density at radius 1 is 0.909 bits per heavy atom. The zero-order chi connectivity index (χ0) is 23.6. The van der Waals surface area contributed by atoms with Gasteiger partial charge < -0.3 is 14.2 Å².